The summed E-state index contributed by atoms with van der Waals surface area (Å²) in [5.41, 5.74) is 0.716. The lowest BCUT2D eigenvalue weighted by Crippen LogP contribution is -2.11. The minimum absolute atomic E-state index is 0.0691. The number of hydrogen-bond acceptors (Lipinski definition) is 5. The van der Waals surface area contributed by atoms with E-state index in [0.717, 1.165) is 11.8 Å². The second-order valence-electron chi connectivity index (χ2n) is 4.73. The predicted octanol–water partition coefficient (Wildman–Crippen LogP) is 3.20. The lowest BCUT2D eigenvalue weighted by atomic mass is 10.2. The summed E-state index contributed by atoms with van der Waals surface area (Å²) < 4.78 is 30.5. The van der Waals surface area contributed by atoms with Crippen molar-refractivity contribution in [1.82, 2.24) is 0 Å². The number of nitro benzene ring substituents is 1. The van der Waals surface area contributed by atoms with Gasteiger partial charge in [-0.1, -0.05) is 23.7 Å². The number of hydrogen-bond donors (Lipinski definition) is 1. The fourth-order valence-corrected chi connectivity index (χ4v) is 2.46. The Morgan fingerprint density at radius 2 is 1.87 bits per heavy atom. The van der Waals surface area contributed by atoms with Crippen LogP contribution >= 0.6 is 11.6 Å². The molecule has 0 heterocycles. The summed E-state index contributed by atoms with van der Waals surface area (Å²) in [7, 11) is -3.54. The van der Waals surface area contributed by atoms with Gasteiger partial charge < -0.3 is 4.74 Å². The fraction of sp³-hybridized carbons (Fsp3) is 0.143. The largest absolute Gasteiger partial charge is 0.486 e. The predicted molar refractivity (Wildman–Crippen MR) is 87.3 cm³/mol. The smallest absolute Gasteiger partial charge is 0.273 e. The van der Waals surface area contributed by atoms with E-state index in [2.05, 4.69) is 4.72 Å². The minimum atomic E-state index is -3.54. The van der Waals surface area contributed by atoms with E-state index in [-0.39, 0.29) is 23.7 Å². The van der Waals surface area contributed by atoms with E-state index in [9.17, 15) is 18.5 Å². The number of sulfonamides is 1. The molecule has 0 aromatic heterocycles. The van der Waals surface area contributed by atoms with Gasteiger partial charge >= 0.3 is 0 Å². The molecule has 0 saturated heterocycles. The number of nitro groups is 1. The van der Waals surface area contributed by atoms with Crippen molar-refractivity contribution in [2.45, 2.75) is 6.61 Å². The molecule has 0 radical (unpaired) electrons. The van der Waals surface area contributed by atoms with Crippen LogP contribution < -0.4 is 9.46 Å². The van der Waals surface area contributed by atoms with Crippen LogP contribution in [0.2, 0.25) is 5.02 Å². The number of rotatable bonds is 6. The number of nitrogens with one attached hydrogen (secondary N) is 1. The molecule has 9 heteroatoms. The standard InChI is InChI=1S/C14H13ClN2O5S/c1-23(20,21)16-13-7-6-12(17(18)19)8-14(13)22-9-10-2-4-11(15)5-3-10/h2-8,16H,9H2,1H3. The highest BCUT2D eigenvalue weighted by molar-refractivity contribution is 7.92. The van der Waals surface area contributed by atoms with Crippen LogP contribution in [0.1, 0.15) is 5.56 Å². The summed E-state index contributed by atoms with van der Waals surface area (Å²) in [6, 6.07) is 10.5. The molecule has 0 aliphatic heterocycles. The maximum atomic E-state index is 11.4. The van der Waals surface area contributed by atoms with Gasteiger partial charge in [0.1, 0.15) is 6.61 Å². The van der Waals surface area contributed by atoms with Crippen molar-refractivity contribution < 1.29 is 18.1 Å². The molecule has 0 aliphatic rings. The number of anilines is 1. The van der Waals surface area contributed by atoms with Gasteiger partial charge in [-0.2, -0.15) is 0 Å². The average Bonchev–Trinajstić information content (AvgIpc) is 2.46. The maximum absolute atomic E-state index is 11.4. The molecular weight excluding hydrogens is 344 g/mol. The van der Waals surface area contributed by atoms with Gasteiger partial charge in [-0.25, -0.2) is 8.42 Å². The maximum Gasteiger partial charge on any atom is 0.273 e. The number of non-ortho nitro benzene ring substituents is 1. The zero-order valence-electron chi connectivity index (χ0n) is 12.0. The number of benzene rings is 2. The topological polar surface area (TPSA) is 98.5 Å². The summed E-state index contributed by atoms with van der Waals surface area (Å²) in [4.78, 5) is 10.3. The zero-order valence-corrected chi connectivity index (χ0v) is 13.6. The second kappa shape index (κ2) is 6.84. The van der Waals surface area contributed by atoms with Crippen molar-refractivity contribution in [2.24, 2.45) is 0 Å². The van der Waals surface area contributed by atoms with Gasteiger partial charge in [0.15, 0.2) is 5.75 Å². The third-order valence-corrected chi connectivity index (χ3v) is 3.62. The van der Waals surface area contributed by atoms with Crippen molar-refractivity contribution in [1.29, 1.82) is 0 Å². The highest BCUT2D eigenvalue weighted by Crippen LogP contribution is 2.30. The first kappa shape index (κ1) is 17.0. The van der Waals surface area contributed by atoms with Crippen LogP contribution in [0.4, 0.5) is 11.4 Å². The van der Waals surface area contributed by atoms with E-state index < -0.39 is 14.9 Å². The highest BCUT2D eigenvalue weighted by atomic mass is 35.5. The Kier molecular flexibility index (Phi) is 5.07. The third-order valence-electron chi connectivity index (χ3n) is 2.78. The van der Waals surface area contributed by atoms with Gasteiger partial charge in [-0.15, -0.1) is 0 Å². The van der Waals surface area contributed by atoms with Gasteiger partial charge in [0, 0.05) is 11.1 Å². The van der Waals surface area contributed by atoms with Crippen molar-refractivity contribution in [3.05, 3.63) is 63.2 Å². The quantitative estimate of drug-likeness (QED) is 0.633. The molecular formula is C14H13ClN2O5S. The van der Waals surface area contributed by atoms with E-state index in [0.29, 0.717) is 5.02 Å². The molecule has 1 N–H and O–H groups in total. The minimum Gasteiger partial charge on any atom is -0.486 e. The van der Waals surface area contributed by atoms with Crippen LogP contribution in [0, 0.1) is 10.1 Å². The summed E-state index contributed by atoms with van der Waals surface area (Å²) in [5, 5.41) is 11.4. The SMILES string of the molecule is CS(=O)(=O)Nc1ccc([N+](=O)[O-])cc1OCc1ccc(Cl)cc1. The number of nitrogens with zero attached hydrogens (tertiary/aromatic N) is 1. The second-order valence-corrected chi connectivity index (χ2v) is 6.91. The summed E-state index contributed by atoms with van der Waals surface area (Å²) >= 11 is 5.79. The first-order chi connectivity index (χ1) is 10.7. The van der Waals surface area contributed by atoms with E-state index in [4.69, 9.17) is 16.3 Å². The van der Waals surface area contributed by atoms with Crippen molar-refractivity contribution >= 4 is 33.0 Å². The molecule has 2 aromatic rings. The number of ether oxygens (including phenoxy) is 1. The van der Waals surface area contributed by atoms with Gasteiger partial charge in [-0.05, 0) is 23.8 Å². The first-order valence-electron chi connectivity index (χ1n) is 6.38. The average molecular weight is 357 g/mol. The van der Waals surface area contributed by atoms with E-state index >= 15 is 0 Å². The van der Waals surface area contributed by atoms with E-state index in [1.54, 1.807) is 24.3 Å². The molecule has 0 bridgehead atoms. The number of halogens is 1. The highest BCUT2D eigenvalue weighted by Gasteiger charge is 2.14. The van der Waals surface area contributed by atoms with Crippen molar-refractivity contribution in [3.8, 4) is 5.75 Å². The normalized spacial score (nSPS) is 11.0. The van der Waals surface area contributed by atoms with Crippen molar-refractivity contribution in [3.63, 3.8) is 0 Å². The monoisotopic (exact) mass is 356 g/mol. The Balaban J connectivity index is 2.27. The molecule has 0 amide bonds. The molecule has 2 rings (SSSR count). The Morgan fingerprint density at radius 3 is 2.43 bits per heavy atom. The summed E-state index contributed by atoms with van der Waals surface area (Å²) in [5.74, 6) is 0.0691. The summed E-state index contributed by atoms with van der Waals surface area (Å²) in [6.45, 7) is 0.108. The Hall–Kier alpha value is -2.32. The van der Waals surface area contributed by atoms with Crippen LogP contribution in [-0.2, 0) is 16.6 Å². The van der Waals surface area contributed by atoms with Crippen LogP contribution in [0.25, 0.3) is 0 Å². The van der Waals surface area contributed by atoms with E-state index in [1.165, 1.54) is 18.2 Å². The zero-order chi connectivity index (χ0) is 17.0. The first-order valence-corrected chi connectivity index (χ1v) is 8.65. The molecule has 7 nitrogen and oxygen atoms in total. The molecule has 0 unspecified atom stereocenters. The third kappa shape index (κ3) is 5.11. The van der Waals surface area contributed by atoms with Gasteiger partial charge in [0.05, 0.1) is 22.9 Å². The lowest BCUT2D eigenvalue weighted by molar-refractivity contribution is -0.384. The Labute approximate surface area is 138 Å². The molecule has 2 aromatic carbocycles. The molecule has 23 heavy (non-hydrogen) atoms. The van der Waals surface area contributed by atoms with Crippen LogP contribution in [0.15, 0.2) is 42.5 Å². The van der Waals surface area contributed by atoms with Crippen LogP contribution in [0.3, 0.4) is 0 Å². The molecule has 0 spiro atoms. The Bertz CT molecular complexity index is 822. The fourth-order valence-electron chi connectivity index (χ4n) is 1.77. The lowest BCUT2D eigenvalue weighted by Gasteiger charge is -2.12. The van der Waals surface area contributed by atoms with Gasteiger partial charge in [-0.3, -0.25) is 14.8 Å². The van der Waals surface area contributed by atoms with Crippen LogP contribution in [0.5, 0.6) is 5.75 Å². The van der Waals surface area contributed by atoms with Gasteiger partial charge in [0.25, 0.3) is 5.69 Å². The van der Waals surface area contributed by atoms with Crippen molar-refractivity contribution in [2.75, 3.05) is 11.0 Å². The molecule has 0 fully saturated rings. The Morgan fingerprint density at radius 1 is 1.22 bits per heavy atom. The van der Waals surface area contributed by atoms with Gasteiger partial charge in [0.2, 0.25) is 10.0 Å². The molecule has 122 valence electrons. The summed E-state index contributed by atoms with van der Waals surface area (Å²) in [6.07, 6.45) is 0.984. The van der Waals surface area contributed by atoms with E-state index in [1.807, 2.05) is 0 Å². The molecule has 0 aliphatic carbocycles. The molecule has 0 atom stereocenters. The van der Waals surface area contributed by atoms with Crippen LogP contribution in [-0.4, -0.2) is 19.6 Å². The molecule has 0 saturated carbocycles.